The van der Waals surface area contributed by atoms with Crippen LogP contribution in [0.1, 0.15) is 105 Å². The van der Waals surface area contributed by atoms with Crippen molar-refractivity contribution in [3.63, 3.8) is 0 Å². The van der Waals surface area contributed by atoms with Gasteiger partial charge in [0.2, 0.25) is 0 Å². The molecule has 1 rings (SSSR count). The van der Waals surface area contributed by atoms with Crippen LogP contribution in [-0.2, 0) is 0 Å². The highest BCUT2D eigenvalue weighted by Crippen LogP contribution is 2.39. The second-order valence-corrected chi connectivity index (χ2v) is 8.75. The Bertz CT molecular complexity index is 271. The molecule has 0 aliphatic heterocycles. The highest BCUT2D eigenvalue weighted by molar-refractivity contribution is 6.08. The molecule has 0 aromatic rings. The van der Waals surface area contributed by atoms with Gasteiger partial charge < -0.3 is 0 Å². The minimum Gasteiger partial charge on any atom is -0.0887 e. The lowest BCUT2D eigenvalue weighted by Gasteiger charge is -2.32. The van der Waals surface area contributed by atoms with E-state index in [0.717, 1.165) is 12.2 Å². The fourth-order valence-electron chi connectivity index (χ4n) is 4.03. The molecule has 0 bridgehead atoms. The Morgan fingerprint density at radius 1 is 0.857 bits per heavy atom. The van der Waals surface area contributed by atoms with Crippen LogP contribution in [0, 0.1) is 16.7 Å². The molecule has 0 aromatic heterocycles. The molecular formula is C20H39B. The summed E-state index contributed by atoms with van der Waals surface area (Å²) in [5.41, 5.74) is 1.10. The lowest BCUT2D eigenvalue weighted by Crippen LogP contribution is -2.21. The van der Waals surface area contributed by atoms with E-state index in [-0.39, 0.29) is 0 Å². The fourth-order valence-corrected chi connectivity index (χ4v) is 4.03. The SMILES string of the molecule is [B]CCCC1(C)CCCCCC(C)C(C)(C)CCCCC1. The van der Waals surface area contributed by atoms with E-state index < -0.39 is 0 Å². The third-order valence-electron chi connectivity index (χ3n) is 6.34. The maximum absolute atomic E-state index is 5.74. The molecule has 0 spiro atoms. The topological polar surface area (TPSA) is 0 Å². The monoisotopic (exact) mass is 290 g/mol. The molecule has 0 nitrogen and oxygen atoms in total. The molecule has 1 aliphatic rings. The van der Waals surface area contributed by atoms with E-state index in [0.29, 0.717) is 10.8 Å². The summed E-state index contributed by atoms with van der Waals surface area (Å²) in [7, 11) is 5.74. The van der Waals surface area contributed by atoms with Crippen LogP contribution >= 0.6 is 0 Å². The summed E-state index contributed by atoms with van der Waals surface area (Å²) < 4.78 is 0. The minimum atomic E-state index is 0.539. The van der Waals surface area contributed by atoms with Crippen molar-refractivity contribution in [3.05, 3.63) is 0 Å². The number of rotatable bonds is 3. The van der Waals surface area contributed by atoms with Crippen molar-refractivity contribution in [3.8, 4) is 0 Å². The van der Waals surface area contributed by atoms with Crippen LogP contribution in [0.3, 0.4) is 0 Å². The van der Waals surface area contributed by atoms with E-state index in [4.69, 9.17) is 7.85 Å². The lowest BCUT2D eigenvalue weighted by molar-refractivity contribution is 0.190. The summed E-state index contributed by atoms with van der Waals surface area (Å²) in [5.74, 6) is 0.877. The van der Waals surface area contributed by atoms with Crippen molar-refractivity contribution >= 4 is 7.85 Å². The maximum Gasteiger partial charge on any atom is 0.0653 e. The zero-order valence-corrected chi connectivity index (χ0v) is 15.3. The van der Waals surface area contributed by atoms with Crippen LogP contribution in [-0.4, -0.2) is 7.85 Å². The summed E-state index contributed by atoms with van der Waals surface area (Å²) in [4.78, 5) is 0. The van der Waals surface area contributed by atoms with Crippen molar-refractivity contribution in [1.29, 1.82) is 0 Å². The fraction of sp³-hybridized carbons (Fsp3) is 1.00. The summed E-state index contributed by atoms with van der Waals surface area (Å²) in [6, 6.07) is 0. The molecule has 2 unspecified atom stereocenters. The highest BCUT2D eigenvalue weighted by atomic mass is 14.3. The molecule has 1 aliphatic carbocycles. The van der Waals surface area contributed by atoms with Gasteiger partial charge >= 0.3 is 0 Å². The van der Waals surface area contributed by atoms with Gasteiger partial charge in [-0.1, -0.05) is 85.4 Å². The molecular weight excluding hydrogens is 251 g/mol. The van der Waals surface area contributed by atoms with Gasteiger partial charge in [-0.15, -0.1) is 0 Å². The summed E-state index contributed by atoms with van der Waals surface area (Å²) in [6.45, 7) is 9.98. The van der Waals surface area contributed by atoms with E-state index in [1.165, 1.54) is 77.0 Å². The lowest BCUT2D eigenvalue weighted by atomic mass is 9.74. The van der Waals surface area contributed by atoms with Crippen molar-refractivity contribution in [2.24, 2.45) is 16.7 Å². The molecule has 2 radical (unpaired) electrons. The maximum atomic E-state index is 5.74. The second-order valence-electron chi connectivity index (χ2n) is 8.75. The Morgan fingerprint density at radius 3 is 2.05 bits per heavy atom. The van der Waals surface area contributed by atoms with Crippen LogP contribution in [0.25, 0.3) is 0 Å². The highest BCUT2D eigenvalue weighted by Gasteiger charge is 2.26. The van der Waals surface area contributed by atoms with Crippen LogP contribution in [0.2, 0.25) is 6.32 Å². The van der Waals surface area contributed by atoms with Gasteiger partial charge in [0.25, 0.3) is 0 Å². The molecule has 21 heavy (non-hydrogen) atoms. The Labute approximate surface area is 136 Å². The van der Waals surface area contributed by atoms with Gasteiger partial charge in [0, 0.05) is 0 Å². The van der Waals surface area contributed by atoms with Crippen molar-refractivity contribution in [2.75, 3.05) is 0 Å². The van der Waals surface area contributed by atoms with Crippen molar-refractivity contribution in [1.82, 2.24) is 0 Å². The van der Waals surface area contributed by atoms with Crippen molar-refractivity contribution < 1.29 is 0 Å². The predicted molar refractivity (Wildman–Crippen MR) is 97.0 cm³/mol. The first kappa shape index (κ1) is 19.1. The zero-order valence-electron chi connectivity index (χ0n) is 15.3. The van der Waals surface area contributed by atoms with E-state index in [2.05, 4.69) is 27.7 Å². The van der Waals surface area contributed by atoms with E-state index >= 15 is 0 Å². The van der Waals surface area contributed by atoms with E-state index in [9.17, 15) is 0 Å². The third kappa shape index (κ3) is 7.24. The Hall–Kier alpha value is 0.0649. The van der Waals surface area contributed by atoms with Gasteiger partial charge in [-0.2, -0.15) is 0 Å². The molecule has 0 heterocycles. The first-order valence-corrected chi connectivity index (χ1v) is 9.60. The van der Waals surface area contributed by atoms with Crippen LogP contribution in [0.5, 0.6) is 0 Å². The average molecular weight is 290 g/mol. The first-order valence-electron chi connectivity index (χ1n) is 9.60. The zero-order chi connectivity index (χ0) is 15.8. The Kier molecular flexibility index (Phi) is 8.43. The van der Waals surface area contributed by atoms with Crippen LogP contribution < -0.4 is 0 Å². The molecule has 0 N–H and O–H groups in total. The minimum absolute atomic E-state index is 0.539. The molecule has 1 heteroatoms. The van der Waals surface area contributed by atoms with Gasteiger partial charge in [0.05, 0.1) is 7.85 Å². The normalized spacial score (nSPS) is 32.7. The van der Waals surface area contributed by atoms with Gasteiger partial charge in [0.15, 0.2) is 0 Å². The molecule has 0 amide bonds. The standard InChI is InChI=1S/C20H39B/c1-18-12-7-5-9-14-20(4,16-11-17-21)15-10-6-8-13-19(18,2)3/h18H,5-17H2,1-4H3. The van der Waals surface area contributed by atoms with E-state index in [1.807, 2.05) is 0 Å². The van der Waals surface area contributed by atoms with E-state index in [1.54, 1.807) is 0 Å². The molecule has 1 saturated carbocycles. The molecule has 2 atom stereocenters. The van der Waals surface area contributed by atoms with Gasteiger partial charge in [-0.25, -0.2) is 0 Å². The van der Waals surface area contributed by atoms with Crippen molar-refractivity contribution in [2.45, 2.75) is 111 Å². The quantitative estimate of drug-likeness (QED) is 0.494. The third-order valence-corrected chi connectivity index (χ3v) is 6.34. The summed E-state index contributed by atoms with van der Waals surface area (Å²) >= 11 is 0. The first-order chi connectivity index (χ1) is 9.90. The molecule has 122 valence electrons. The van der Waals surface area contributed by atoms with Gasteiger partial charge in [0.1, 0.15) is 0 Å². The smallest absolute Gasteiger partial charge is 0.0653 e. The second kappa shape index (κ2) is 9.26. The Balaban J connectivity index is 2.54. The average Bonchev–Trinajstić information content (AvgIpc) is 2.44. The Morgan fingerprint density at radius 2 is 1.43 bits per heavy atom. The van der Waals surface area contributed by atoms with Crippen LogP contribution in [0.15, 0.2) is 0 Å². The number of hydrogen-bond donors (Lipinski definition) is 0. The van der Waals surface area contributed by atoms with Crippen LogP contribution in [0.4, 0.5) is 0 Å². The number of hydrogen-bond acceptors (Lipinski definition) is 0. The largest absolute Gasteiger partial charge is 0.0887 e. The van der Waals surface area contributed by atoms with Gasteiger partial charge in [-0.3, -0.25) is 0 Å². The molecule has 0 aromatic carbocycles. The predicted octanol–water partition coefficient (Wildman–Crippen LogP) is 6.94. The molecule has 0 saturated heterocycles. The van der Waals surface area contributed by atoms with Gasteiger partial charge in [-0.05, 0) is 42.4 Å². The summed E-state index contributed by atoms with van der Waals surface area (Å²) in [5, 5.41) is 0. The summed E-state index contributed by atoms with van der Waals surface area (Å²) in [6.07, 6.45) is 17.6. The molecule has 1 fully saturated rings.